The van der Waals surface area contributed by atoms with Crippen LogP contribution in [0.4, 0.5) is 0 Å². The van der Waals surface area contributed by atoms with E-state index in [0.717, 1.165) is 27.7 Å². The number of carbonyl (C=O) groups excluding carboxylic acids is 6. The number of rotatable bonds is 18. The molecule has 1 aliphatic heterocycles. The van der Waals surface area contributed by atoms with Crippen molar-refractivity contribution in [1.29, 1.82) is 0 Å². The monoisotopic (exact) mass is 814 g/mol. The molecule has 0 bridgehead atoms. The van der Waals surface area contributed by atoms with E-state index in [4.69, 9.17) is 5.73 Å². The van der Waals surface area contributed by atoms with E-state index in [1.165, 1.54) is 19.1 Å². The van der Waals surface area contributed by atoms with E-state index in [1.807, 2.05) is 54.6 Å². The van der Waals surface area contributed by atoms with Crippen LogP contribution in [0, 0.1) is 0 Å². The Bertz CT molecular complexity index is 1640. The molecule has 0 aromatic heterocycles. The van der Waals surface area contributed by atoms with Gasteiger partial charge in [0, 0.05) is 0 Å². The van der Waals surface area contributed by atoms with Crippen molar-refractivity contribution in [1.82, 2.24) is 15.5 Å². The van der Waals surface area contributed by atoms with Crippen molar-refractivity contribution >= 4 is 84.0 Å². The molecule has 3 aromatic rings. The molecule has 4 rings (SSSR count). The summed E-state index contributed by atoms with van der Waals surface area (Å²) in [6.45, 7) is -0.229. The Morgan fingerprint density at radius 2 is 1.44 bits per heavy atom. The smallest absolute Gasteiger partial charge is 0.468 e. The first-order valence-corrected chi connectivity index (χ1v) is 22.2. The SMILES string of the molecule is COC(=O)CNC(=O)C(CSC1CC(=O)N(CCCP(Br)(c2ccccc2)(c2ccccc2)c2ccccc2)C1=O)NC(=O)CCC(N)C(=O)OC. The summed E-state index contributed by atoms with van der Waals surface area (Å²) in [6, 6.07) is 28.6. The Kier molecular flexibility index (Phi) is 14.5. The predicted molar refractivity (Wildman–Crippen MR) is 207 cm³/mol. The van der Waals surface area contributed by atoms with E-state index in [0.29, 0.717) is 12.6 Å². The fourth-order valence-corrected chi connectivity index (χ4v) is 15.0. The number of halogens is 1. The van der Waals surface area contributed by atoms with Crippen LogP contribution < -0.4 is 32.3 Å². The van der Waals surface area contributed by atoms with Crippen LogP contribution in [-0.2, 0) is 38.2 Å². The van der Waals surface area contributed by atoms with E-state index in [1.54, 1.807) is 0 Å². The van der Waals surface area contributed by atoms with Crippen LogP contribution in [-0.4, -0.2) is 97.0 Å². The van der Waals surface area contributed by atoms with Gasteiger partial charge in [0.25, 0.3) is 0 Å². The fraction of sp³-hybridized carbons (Fsp3) is 0.351. The van der Waals surface area contributed by atoms with Gasteiger partial charge in [-0.15, -0.1) is 0 Å². The first-order chi connectivity index (χ1) is 24.9. The summed E-state index contributed by atoms with van der Waals surface area (Å²) in [6.07, 6.45) is 0.885. The second-order valence-corrected chi connectivity index (χ2v) is 22.6. The first kappa shape index (κ1) is 40.7. The number of nitrogens with zero attached hydrogens (tertiary/aromatic N) is 1. The van der Waals surface area contributed by atoms with Crippen molar-refractivity contribution in [3.05, 3.63) is 91.0 Å². The first-order valence-electron chi connectivity index (χ1n) is 16.8. The van der Waals surface area contributed by atoms with Gasteiger partial charge in [-0.3, -0.25) is 9.59 Å². The van der Waals surface area contributed by atoms with E-state index in [2.05, 4.69) is 72.0 Å². The minimum atomic E-state index is -3.27. The number of methoxy groups -OCH3 is 2. The average molecular weight is 816 g/mol. The summed E-state index contributed by atoms with van der Waals surface area (Å²) in [5, 5.41) is 4.35. The molecule has 278 valence electrons. The van der Waals surface area contributed by atoms with Crippen molar-refractivity contribution in [3.63, 3.8) is 0 Å². The number of carbonyl (C=O) groups is 6. The zero-order valence-electron chi connectivity index (χ0n) is 29.1. The van der Waals surface area contributed by atoms with Crippen molar-refractivity contribution < 1.29 is 38.2 Å². The summed E-state index contributed by atoms with van der Waals surface area (Å²) in [4.78, 5) is 77.3. The molecule has 1 fully saturated rings. The third kappa shape index (κ3) is 9.46. The van der Waals surface area contributed by atoms with Crippen LogP contribution in [0.25, 0.3) is 0 Å². The van der Waals surface area contributed by atoms with Crippen LogP contribution >= 0.6 is 32.6 Å². The summed E-state index contributed by atoms with van der Waals surface area (Å²) < 4.78 is 9.17. The number of hydrogen-bond donors (Lipinski definition) is 3. The number of imide groups is 1. The van der Waals surface area contributed by atoms with Gasteiger partial charge in [0.05, 0.1) is 14.2 Å². The van der Waals surface area contributed by atoms with Gasteiger partial charge in [0.15, 0.2) is 0 Å². The van der Waals surface area contributed by atoms with Crippen molar-refractivity contribution in [2.45, 2.75) is 43.0 Å². The van der Waals surface area contributed by atoms with Gasteiger partial charge in [-0.2, -0.15) is 0 Å². The zero-order valence-corrected chi connectivity index (χ0v) is 32.4. The normalized spacial score (nSPS) is 16.3. The van der Waals surface area contributed by atoms with Gasteiger partial charge < -0.3 is 15.2 Å². The standard InChI is InChI=1S/C37H44BrN4O8PS/c1-49-34(45)24-40-35(46)30(41-32(43)20-19-29(39)37(48)50-2)25-52-31-23-33(44)42(36(31)47)21-12-22-51(38,26-13-6-3-7-14-26,27-15-8-4-9-16-27)28-17-10-5-11-18-28/h3-11,13-18,29-31H,12,19-25,39H2,1-2H3,(H,40,46)(H,41,43). The van der Waals surface area contributed by atoms with Crippen LogP contribution in [0.5, 0.6) is 0 Å². The molecule has 4 amide bonds. The van der Waals surface area contributed by atoms with Crippen molar-refractivity contribution in [2.24, 2.45) is 5.73 Å². The molecule has 1 heterocycles. The Hall–Kier alpha value is -4.10. The predicted octanol–water partition coefficient (Wildman–Crippen LogP) is 2.13. The number of nitrogens with two attached hydrogens (primary N) is 1. The van der Waals surface area contributed by atoms with Crippen LogP contribution in [0.2, 0.25) is 0 Å². The third-order valence-corrected chi connectivity index (χ3v) is 20.3. The molecule has 0 radical (unpaired) electrons. The summed E-state index contributed by atoms with van der Waals surface area (Å²) in [5.41, 5.74) is 5.74. The second-order valence-electron chi connectivity index (χ2n) is 12.3. The number of amides is 4. The Labute approximate surface area is 315 Å². The summed E-state index contributed by atoms with van der Waals surface area (Å²) in [7, 11) is 2.36. The molecule has 3 atom stereocenters. The molecule has 52 heavy (non-hydrogen) atoms. The molecule has 12 nitrogen and oxygen atoms in total. The van der Waals surface area contributed by atoms with Crippen LogP contribution in [0.1, 0.15) is 25.7 Å². The number of thioether (sulfide) groups is 1. The average Bonchev–Trinajstić information content (AvgIpc) is 3.45. The molecular formula is C37H44BrN4O8PS. The van der Waals surface area contributed by atoms with E-state index in [9.17, 15) is 28.8 Å². The van der Waals surface area contributed by atoms with Crippen molar-refractivity contribution in [2.75, 3.05) is 39.2 Å². The Morgan fingerprint density at radius 1 is 0.904 bits per heavy atom. The zero-order chi connectivity index (χ0) is 37.8. The quantitative estimate of drug-likeness (QED) is 0.0982. The molecule has 1 saturated heterocycles. The topological polar surface area (TPSA) is 174 Å². The maximum absolute atomic E-state index is 13.7. The van der Waals surface area contributed by atoms with E-state index < -0.39 is 52.9 Å². The van der Waals surface area contributed by atoms with Gasteiger partial charge >= 0.3 is 265 Å². The molecule has 4 N–H and O–H groups in total. The number of esters is 2. The van der Waals surface area contributed by atoms with Gasteiger partial charge in [-0.05, 0) is 6.42 Å². The minimum Gasteiger partial charge on any atom is -0.468 e. The molecular weight excluding hydrogens is 771 g/mol. The molecule has 15 heteroatoms. The Balaban J connectivity index is 1.48. The van der Waals surface area contributed by atoms with Gasteiger partial charge in [-0.25, -0.2) is 0 Å². The molecule has 3 unspecified atom stereocenters. The van der Waals surface area contributed by atoms with Gasteiger partial charge in [-0.1, -0.05) is 0 Å². The molecule has 1 aliphatic rings. The molecule has 0 saturated carbocycles. The molecule has 3 aromatic carbocycles. The molecule has 0 spiro atoms. The second kappa shape index (κ2) is 18.6. The van der Waals surface area contributed by atoms with Crippen LogP contribution in [0.15, 0.2) is 91.0 Å². The van der Waals surface area contributed by atoms with Gasteiger partial charge in [0.2, 0.25) is 0 Å². The third-order valence-electron chi connectivity index (χ3n) is 8.98. The van der Waals surface area contributed by atoms with E-state index >= 15 is 0 Å². The van der Waals surface area contributed by atoms with Crippen LogP contribution in [0.3, 0.4) is 0 Å². The maximum atomic E-state index is 13.7. The number of ether oxygens (including phenoxy) is 2. The Morgan fingerprint density at radius 3 is 1.94 bits per heavy atom. The van der Waals surface area contributed by atoms with Gasteiger partial charge in [0.1, 0.15) is 6.04 Å². The number of benzene rings is 3. The number of hydrogen-bond acceptors (Lipinski definition) is 10. The minimum absolute atomic E-state index is 0.0235. The number of nitrogens with one attached hydrogen (secondary N) is 2. The van der Waals surface area contributed by atoms with E-state index in [-0.39, 0.29) is 43.4 Å². The van der Waals surface area contributed by atoms with Crippen molar-refractivity contribution in [3.8, 4) is 0 Å². The summed E-state index contributed by atoms with van der Waals surface area (Å²) in [5.74, 6) is -3.36. The summed E-state index contributed by atoms with van der Waals surface area (Å²) >= 11 is 5.48. The number of likely N-dealkylation sites (tertiary alicyclic amines) is 1. The fourth-order valence-electron chi connectivity index (χ4n) is 6.17. The molecule has 0 aliphatic carbocycles.